The van der Waals surface area contributed by atoms with Crippen molar-refractivity contribution in [2.45, 2.75) is 25.8 Å². The minimum Gasteiger partial charge on any atom is -0.346 e. The Morgan fingerprint density at radius 3 is 2.65 bits per heavy atom. The highest BCUT2D eigenvalue weighted by Gasteiger charge is 2.14. The second kappa shape index (κ2) is 8.43. The highest BCUT2D eigenvalue weighted by atomic mass is 16.2. The van der Waals surface area contributed by atoms with E-state index in [4.69, 9.17) is 0 Å². The first-order chi connectivity index (χ1) is 12.6. The number of rotatable bonds is 8. The molecule has 0 bridgehead atoms. The van der Waals surface area contributed by atoms with E-state index < -0.39 is 0 Å². The van der Waals surface area contributed by atoms with Crippen molar-refractivity contribution in [1.29, 1.82) is 0 Å². The number of amides is 1. The van der Waals surface area contributed by atoms with E-state index in [2.05, 4.69) is 5.10 Å². The molecule has 0 aliphatic carbocycles. The van der Waals surface area contributed by atoms with Crippen molar-refractivity contribution in [3.05, 3.63) is 66.5 Å². The zero-order valence-corrected chi connectivity index (χ0v) is 15.0. The van der Waals surface area contributed by atoms with Crippen molar-refractivity contribution in [2.24, 2.45) is 0 Å². The highest BCUT2D eigenvalue weighted by molar-refractivity contribution is 6.08. The first-order valence-corrected chi connectivity index (χ1v) is 8.87. The number of carbonyl (C=O) groups excluding carboxylic acids is 2. The van der Waals surface area contributed by atoms with Crippen LogP contribution in [0.15, 0.2) is 60.9 Å². The zero-order valence-electron chi connectivity index (χ0n) is 15.0. The number of aryl methyl sites for hydroxylation is 1. The standard InChI is InChI=1S/C21H23N3O2/c1-23(14-6-16-24-15-5-13-22-24)21(26)12-11-20(25)19-10-4-8-17-7-2-3-9-18(17)19/h2-5,7-10,13,15H,6,11-12,14,16H2,1H3. The Kier molecular flexibility index (Phi) is 5.79. The largest absolute Gasteiger partial charge is 0.346 e. The fourth-order valence-electron chi connectivity index (χ4n) is 3.04. The third-order valence-electron chi connectivity index (χ3n) is 4.52. The Bertz CT molecular complexity index is 882. The van der Waals surface area contributed by atoms with Gasteiger partial charge in [-0.25, -0.2) is 0 Å². The van der Waals surface area contributed by atoms with Crippen molar-refractivity contribution in [3.63, 3.8) is 0 Å². The molecular weight excluding hydrogens is 326 g/mol. The summed E-state index contributed by atoms with van der Waals surface area (Å²) in [5.74, 6) is 0.0131. The molecule has 134 valence electrons. The maximum Gasteiger partial charge on any atom is 0.222 e. The number of benzene rings is 2. The van der Waals surface area contributed by atoms with Gasteiger partial charge in [0.15, 0.2) is 5.78 Å². The van der Waals surface area contributed by atoms with Gasteiger partial charge in [-0.05, 0) is 23.3 Å². The van der Waals surface area contributed by atoms with Gasteiger partial charge in [0.05, 0.1) is 0 Å². The summed E-state index contributed by atoms with van der Waals surface area (Å²) in [7, 11) is 1.79. The van der Waals surface area contributed by atoms with Gasteiger partial charge in [0, 0.05) is 50.9 Å². The second-order valence-corrected chi connectivity index (χ2v) is 6.39. The third-order valence-corrected chi connectivity index (χ3v) is 4.52. The summed E-state index contributed by atoms with van der Waals surface area (Å²) in [6.07, 6.45) is 4.95. The topological polar surface area (TPSA) is 55.2 Å². The van der Waals surface area contributed by atoms with Crippen LogP contribution in [0.3, 0.4) is 0 Å². The minimum atomic E-state index is -0.000878. The van der Waals surface area contributed by atoms with Crippen LogP contribution in [0.1, 0.15) is 29.6 Å². The monoisotopic (exact) mass is 349 g/mol. The molecule has 3 aromatic rings. The average Bonchev–Trinajstić information content (AvgIpc) is 3.18. The molecule has 0 unspecified atom stereocenters. The summed E-state index contributed by atoms with van der Waals surface area (Å²) in [4.78, 5) is 26.6. The number of carbonyl (C=O) groups is 2. The Hall–Kier alpha value is -2.95. The van der Waals surface area contributed by atoms with E-state index in [1.165, 1.54) is 0 Å². The molecule has 5 heteroatoms. The van der Waals surface area contributed by atoms with E-state index in [9.17, 15) is 9.59 Å². The minimum absolute atomic E-state index is 0.000878. The SMILES string of the molecule is CN(CCCn1cccn1)C(=O)CCC(=O)c1cccc2ccccc12. The van der Waals surface area contributed by atoms with Gasteiger partial charge in [0.1, 0.15) is 0 Å². The number of fused-ring (bicyclic) bond motifs is 1. The third kappa shape index (κ3) is 4.36. The van der Waals surface area contributed by atoms with E-state index in [0.717, 1.165) is 23.7 Å². The number of hydrogen-bond acceptors (Lipinski definition) is 3. The van der Waals surface area contributed by atoms with Crippen molar-refractivity contribution in [1.82, 2.24) is 14.7 Å². The van der Waals surface area contributed by atoms with Gasteiger partial charge < -0.3 is 4.90 Å². The van der Waals surface area contributed by atoms with Crippen LogP contribution in [-0.2, 0) is 11.3 Å². The number of nitrogens with zero attached hydrogens (tertiary/aromatic N) is 3. The summed E-state index contributed by atoms with van der Waals surface area (Å²) >= 11 is 0. The molecule has 3 rings (SSSR count). The van der Waals surface area contributed by atoms with Crippen LogP contribution in [0.2, 0.25) is 0 Å². The van der Waals surface area contributed by atoms with E-state index in [1.54, 1.807) is 18.1 Å². The Morgan fingerprint density at radius 2 is 1.85 bits per heavy atom. The lowest BCUT2D eigenvalue weighted by atomic mass is 9.99. The highest BCUT2D eigenvalue weighted by Crippen LogP contribution is 2.20. The lowest BCUT2D eigenvalue weighted by molar-refractivity contribution is -0.129. The van der Waals surface area contributed by atoms with Gasteiger partial charge in [0.2, 0.25) is 5.91 Å². The van der Waals surface area contributed by atoms with Gasteiger partial charge in [0.25, 0.3) is 0 Å². The molecule has 0 saturated carbocycles. The Labute approximate surface area is 153 Å². The van der Waals surface area contributed by atoms with E-state index >= 15 is 0 Å². The van der Waals surface area contributed by atoms with Crippen LogP contribution in [0, 0.1) is 0 Å². The molecule has 0 aliphatic heterocycles. The predicted octanol–water partition coefficient (Wildman–Crippen LogP) is 3.55. The predicted molar refractivity (Wildman–Crippen MR) is 102 cm³/mol. The molecule has 0 atom stereocenters. The fraction of sp³-hybridized carbons (Fsp3) is 0.286. The fourth-order valence-corrected chi connectivity index (χ4v) is 3.04. The summed E-state index contributed by atoms with van der Waals surface area (Å²) in [5.41, 5.74) is 0.692. The van der Waals surface area contributed by atoms with Crippen LogP contribution >= 0.6 is 0 Å². The molecule has 1 heterocycles. The molecule has 0 saturated heterocycles. The number of Topliss-reactive ketones (excluding diaryl/α,β-unsaturated/α-hetero) is 1. The molecule has 1 aromatic heterocycles. The average molecular weight is 349 g/mol. The summed E-state index contributed by atoms with van der Waals surface area (Å²) in [6, 6.07) is 15.4. The second-order valence-electron chi connectivity index (χ2n) is 6.39. The molecular formula is C21H23N3O2. The molecule has 0 fully saturated rings. The van der Waals surface area contributed by atoms with Crippen LogP contribution in [-0.4, -0.2) is 40.0 Å². The lowest BCUT2D eigenvalue weighted by Gasteiger charge is -2.17. The maximum absolute atomic E-state index is 12.6. The quantitative estimate of drug-likeness (QED) is 0.585. The van der Waals surface area contributed by atoms with Crippen molar-refractivity contribution in [2.75, 3.05) is 13.6 Å². The number of hydrogen-bond donors (Lipinski definition) is 0. The van der Waals surface area contributed by atoms with Crippen LogP contribution in [0.4, 0.5) is 0 Å². The molecule has 0 spiro atoms. The van der Waals surface area contributed by atoms with Gasteiger partial charge in [-0.2, -0.15) is 5.10 Å². The van der Waals surface area contributed by atoms with E-state index in [0.29, 0.717) is 12.1 Å². The first-order valence-electron chi connectivity index (χ1n) is 8.87. The number of aromatic nitrogens is 2. The molecule has 0 N–H and O–H groups in total. The molecule has 2 aromatic carbocycles. The van der Waals surface area contributed by atoms with Crippen molar-refractivity contribution in [3.8, 4) is 0 Å². The van der Waals surface area contributed by atoms with Crippen molar-refractivity contribution >= 4 is 22.5 Å². The molecule has 26 heavy (non-hydrogen) atoms. The summed E-state index contributed by atoms with van der Waals surface area (Å²) in [5, 5.41) is 6.13. The van der Waals surface area contributed by atoms with E-state index in [1.807, 2.05) is 59.4 Å². The Morgan fingerprint density at radius 1 is 1.04 bits per heavy atom. The van der Waals surface area contributed by atoms with Gasteiger partial charge in [-0.15, -0.1) is 0 Å². The van der Waals surface area contributed by atoms with Crippen LogP contribution < -0.4 is 0 Å². The molecule has 5 nitrogen and oxygen atoms in total. The number of ketones is 1. The Balaban J connectivity index is 1.51. The van der Waals surface area contributed by atoms with Crippen LogP contribution in [0.5, 0.6) is 0 Å². The lowest BCUT2D eigenvalue weighted by Crippen LogP contribution is -2.28. The molecule has 0 aliphatic rings. The van der Waals surface area contributed by atoms with E-state index in [-0.39, 0.29) is 24.5 Å². The first kappa shape index (κ1) is 17.9. The van der Waals surface area contributed by atoms with Crippen LogP contribution in [0.25, 0.3) is 10.8 Å². The van der Waals surface area contributed by atoms with Gasteiger partial charge in [-0.3, -0.25) is 14.3 Å². The van der Waals surface area contributed by atoms with Gasteiger partial charge >= 0.3 is 0 Å². The summed E-state index contributed by atoms with van der Waals surface area (Å²) in [6.45, 7) is 1.43. The maximum atomic E-state index is 12.6. The molecule has 1 amide bonds. The molecule has 0 radical (unpaired) electrons. The van der Waals surface area contributed by atoms with Gasteiger partial charge in [-0.1, -0.05) is 42.5 Å². The summed E-state index contributed by atoms with van der Waals surface area (Å²) < 4.78 is 1.85. The normalized spacial score (nSPS) is 10.8. The smallest absolute Gasteiger partial charge is 0.222 e. The zero-order chi connectivity index (χ0) is 18.4. The van der Waals surface area contributed by atoms with Crippen molar-refractivity contribution < 1.29 is 9.59 Å².